The first-order valence-electron chi connectivity index (χ1n) is 31.7. The minimum Gasteiger partial charge on any atom is -0.382 e. The van der Waals surface area contributed by atoms with Gasteiger partial charge in [-0.05, 0) is 23.6 Å². The molecule has 8 aromatic heterocycles. The number of imidazole rings is 4. The molecule has 6 saturated heterocycles. The molecule has 53 heteroatoms. The first-order valence-corrected chi connectivity index (χ1v) is 39.9. The van der Waals surface area contributed by atoms with Crippen molar-refractivity contribution in [2.45, 2.75) is 125 Å². The number of halogens is 4. The van der Waals surface area contributed by atoms with Crippen molar-refractivity contribution in [1.82, 2.24) is 84.2 Å². The number of anilines is 3. The number of ether oxygens (including phenoxy) is 4. The molecule has 14 heterocycles. The number of hydrogen-bond donors (Lipinski definition) is 9. The van der Waals surface area contributed by atoms with Gasteiger partial charge >= 0.3 is 29.1 Å². The number of hydrogen-bond acceptors (Lipinski definition) is 35. The number of ketones is 1. The molecular weight excluding hydrogens is 1570 g/mol. The standard InChI is InChI=1S/C35H36F2N10O12P2S.C20H22F2N10O10P2S.H3N/c1-17(2)31(49)44-35-43-30-26(32(50)45-35)42-16-47(30)34-28-23(36)21(56-34)12-54-60(51,53-10-6-9-38)58-27-22(13-55-61(52,62)59-28)57-33(24(27)37)46-15-41-25-19(39-14-40-29(25)46)11-20(48)18-7-4-3-5-8-18;21-8-6-1-37-43(34,35)41-12-7(40-18(9(12)22)31-4-27-10-14(23)25-3-26-15(10)31)2-38-44(36,45)42-13(8)19(39-6)32-5-28-11-16(32)29-20(24)30-17(11)33;/h3-5,7-8,14-17,21-24,27-28,33-34H,6,10-13H2,1-2H3,(H,52,62)(H2,43,44,45,49,50);3-9,12-13,18-19H,1-2H2,(H,34,35)(H,36,45)(H2,23,25,26)(H3,24,29,30,33);1H3/t21-,22-,23-,24-,27-,28-,33-,34-,60?,61?;6-,7-,8-,9-,12-,13-,18-,19-,44?;/m11./s1. The molecule has 6 aliphatic rings. The van der Waals surface area contributed by atoms with E-state index < -0.39 is 183 Å². The zero-order chi connectivity index (χ0) is 75.8. The highest BCUT2D eigenvalue weighted by molar-refractivity contribution is 8.07. The molecule has 6 fully saturated rings. The van der Waals surface area contributed by atoms with Gasteiger partial charge < -0.3 is 60.3 Å². The maximum atomic E-state index is 16.8. The summed E-state index contributed by atoms with van der Waals surface area (Å²) in [6.07, 6.45) is -22.4. The third-order valence-corrected chi connectivity index (χ3v) is 22.7. The van der Waals surface area contributed by atoms with E-state index in [4.69, 9.17) is 100 Å². The number of nitrogen functional groups attached to an aromatic ring is 2. The molecule has 1 aromatic carbocycles. The Morgan fingerprint density at radius 3 is 1.69 bits per heavy atom. The smallest absolute Gasteiger partial charge is 0.382 e. The van der Waals surface area contributed by atoms with Gasteiger partial charge in [0.1, 0.15) is 72.5 Å². The molecular formula is C55H61F4N21O22P4S2. The summed E-state index contributed by atoms with van der Waals surface area (Å²) in [4.78, 5) is 129. The van der Waals surface area contributed by atoms with Gasteiger partial charge in [0.15, 0.2) is 94.8 Å². The van der Waals surface area contributed by atoms with Crippen molar-refractivity contribution in [3.8, 4) is 6.07 Å². The van der Waals surface area contributed by atoms with Crippen molar-refractivity contribution >= 4 is 127 Å². The number of rotatable bonds is 12. The second kappa shape index (κ2) is 31.1. The summed E-state index contributed by atoms with van der Waals surface area (Å²) in [5, 5.41) is 11.6. The highest BCUT2D eigenvalue weighted by Gasteiger charge is 2.57. The summed E-state index contributed by atoms with van der Waals surface area (Å²) >= 11 is 10.4. The lowest BCUT2D eigenvalue weighted by Crippen LogP contribution is -2.34. The van der Waals surface area contributed by atoms with E-state index in [1.54, 1.807) is 44.2 Å². The molecule has 578 valence electrons. The number of nitriles is 1. The van der Waals surface area contributed by atoms with Gasteiger partial charge in [0, 0.05) is 11.5 Å². The second-order valence-corrected chi connectivity index (χ2v) is 33.1. The van der Waals surface area contributed by atoms with Crippen LogP contribution in [0.25, 0.3) is 44.7 Å². The van der Waals surface area contributed by atoms with Crippen molar-refractivity contribution in [3.63, 3.8) is 0 Å². The van der Waals surface area contributed by atoms with Crippen LogP contribution in [-0.4, -0.2) is 211 Å². The number of phosphoric ester groups is 2. The number of aromatic amines is 2. The Labute approximate surface area is 611 Å². The summed E-state index contributed by atoms with van der Waals surface area (Å²) in [6, 6.07) is 10.3. The number of amides is 1. The van der Waals surface area contributed by atoms with Crippen molar-refractivity contribution in [2.24, 2.45) is 5.92 Å². The molecule has 0 aliphatic carbocycles. The molecule has 6 aliphatic heterocycles. The van der Waals surface area contributed by atoms with E-state index in [0.29, 0.717) is 5.56 Å². The predicted octanol–water partition coefficient (Wildman–Crippen LogP) is 3.41. The number of aromatic nitrogens is 16. The highest BCUT2D eigenvalue weighted by atomic mass is 32.5. The van der Waals surface area contributed by atoms with Crippen molar-refractivity contribution in [2.75, 3.05) is 49.8 Å². The van der Waals surface area contributed by atoms with E-state index in [1.165, 1.54) is 28.1 Å². The third kappa shape index (κ3) is 15.8. The maximum Gasteiger partial charge on any atom is 0.475 e. The summed E-state index contributed by atoms with van der Waals surface area (Å²) in [5.74, 6) is -1.76. The van der Waals surface area contributed by atoms with E-state index in [1.807, 2.05) is 6.07 Å². The van der Waals surface area contributed by atoms with E-state index in [9.17, 15) is 43.0 Å². The molecule has 1 amide bonds. The van der Waals surface area contributed by atoms with Crippen LogP contribution in [0.15, 0.2) is 77.9 Å². The minimum absolute atomic E-state index is 0. The van der Waals surface area contributed by atoms with Crippen LogP contribution in [0.5, 0.6) is 0 Å². The Morgan fingerprint density at radius 1 is 0.630 bits per heavy atom. The molecule has 43 nitrogen and oxygen atoms in total. The normalized spacial score (nSPS) is 33.1. The van der Waals surface area contributed by atoms with Gasteiger partial charge in [-0.15, -0.1) is 0 Å². The van der Waals surface area contributed by atoms with Gasteiger partial charge in [0.2, 0.25) is 17.8 Å². The second-order valence-electron chi connectivity index (χ2n) is 24.4. The van der Waals surface area contributed by atoms with Gasteiger partial charge in [-0.1, -0.05) is 44.2 Å². The minimum atomic E-state index is -5.15. The summed E-state index contributed by atoms with van der Waals surface area (Å²) in [5.41, 5.74) is 10.4. The SMILES string of the molecule is CC(C)C(=O)Nc1nc2c(ncn2[C@@H]2O[C@@H]3COP(=O)(OCCC#N)O[C@H]4[C@@H](F)[C@H](n5cnc6c(CC(=O)c7ccccc7)ncnc65)O[C@@H]4COP(O)(=S)O[C@@H]2[C@@H]3F)c(=O)[nH]1.N.Nc1nc2c(ncn2[C@@H]2O[C@@H]3COP(=O)(O)O[C@H]4[C@@H](F)[C@H](n5cnc6c(N)ncnc65)O[C@@H]4COP(O)(=S)O[C@@H]2[C@@H]3F)c(=O)[nH]1. The Balaban J connectivity index is 0.000000198. The third-order valence-electron chi connectivity index (χ3n) is 17.1. The van der Waals surface area contributed by atoms with Gasteiger partial charge in [0.25, 0.3) is 11.1 Å². The topological polar surface area (TPSA) is 586 Å². The number of carbonyl (C=O) groups excluding carboxylic acids is 2. The number of H-pyrrole nitrogens is 2. The average molecular weight is 1630 g/mol. The number of nitrogens with two attached hydrogens (primary N) is 2. The summed E-state index contributed by atoms with van der Waals surface area (Å²) in [6.45, 7) is -9.60. The molecule has 13 N–H and O–H groups in total. The van der Waals surface area contributed by atoms with Crippen LogP contribution in [0.4, 0.5) is 35.3 Å². The number of fused-ring (bicyclic) bond motifs is 10. The number of alkyl halides is 4. The monoisotopic (exact) mass is 1630 g/mol. The lowest BCUT2D eigenvalue weighted by atomic mass is 10.1. The van der Waals surface area contributed by atoms with Gasteiger partial charge in [-0.25, -0.2) is 66.6 Å². The van der Waals surface area contributed by atoms with Gasteiger partial charge in [-0.3, -0.25) is 84.4 Å². The molecule has 0 spiro atoms. The van der Waals surface area contributed by atoms with E-state index in [2.05, 4.69) is 65.1 Å². The van der Waals surface area contributed by atoms with Crippen LogP contribution < -0.4 is 34.1 Å². The van der Waals surface area contributed by atoms with E-state index >= 15 is 17.6 Å². The van der Waals surface area contributed by atoms with Crippen LogP contribution in [-0.2, 0) is 104 Å². The summed E-state index contributed by atoms with van der Waals surface area (Å²) in [7, 11) is -10.1. The van der Waals surface area contributed by atoms with Gasteiger partial charge in [-0.2, -0.15) is 15.2 Å². The lowest BCUT2D eigenvalue weighted by Gasteiger charge is -2.27. The number of nitrogens with zero attached hydrogens (tertiary/aromatic N) is 15. The number of benzene rings is 1. The van der Waals surface area contributed by atoms with Gasteiger partial charge in [0.05, 0.1) is 82.9 Å². The lowest BCUT2D eigenvalue weighted by molar-refractivity contribution is -0.119. The van der Waals surface area contributed by atoms with Crippen molar-refractivity contribution in [3.05, 3.63) is 100 Å². The Bertz CT molecular complexity index is 5280. The van der Waals surface area contributed by atoms with Crippen molar-refractivity contribution in [1.29, 1.82) is 5.26 Å². The fourth-order valence-corrected chi connectivity index (χ4v) is 17.2. The van der Waals surface area contributed by atoms with E-state index in [0.717, 1.165) is 28.1 Å². The van der Waals surface area contributed by atoms with E-state index in [-0.39, 0.29) is 92.8 Å². The van der Waals surface area contributed by atoms with Crippen LogP contribution in [0, 0.1) is 17.2 Å². The Kier molecular flexibility index (Phi) is 22.5. The summed E-state index contributed by atoms with van der Waals surface area (Å²) < 4.78 is 169. The van der Waals surface area contributed by atoms with Crippen LogP contribution in [0.3, 0.4) is 0 Å². The fraction of sp³-hybridized carbons (Fsp3) is 0.473. The molecule has 0 saturated carbocycles. The molecule has 0 radical (unpaired) electrons. The number of carbonyl (C=O) groups is 2. The largest absolute Gasteiger partial charge is 0.475 e. The number of nitrogens with one attached hydrogen (secondary N) is 3. The molecule has 15 rings (SSSR count). The number of phosphoric acid groups is 2. The Hall–Kier alpha value is -7.95. The Morgan fingerprint density at radius 2 is 1.12 bits per heavy atom. The first-order chi connectivity index (χ1) is 51.0. The van der Waals surface area contributed by atoms with Crippen LogP contribution in [0.2, 0.25) is 0 Å². The quantitative estimate of drug-likeness (QED) is 0.0366. The highest BCUT2D eigenvalue weighted by Crippen LogP contribution is 2.58. The molecule has 108 heavy (non-hydrogen) atoms. The zero-order valence-corrected chi connectivity index (χ0v) is 60.6. The van der Waals surface area contributed by atoms with Crippen LogP contribution >= 0.6 is 29.1 Å². The molecule has 9 aromatic rings. The molecule has 20 atom stereocenters. The van der Waals surface area contributed by atoms with Crippen molar-refractivity contribution < 1.29 is 111 Å². The average Bonchev–Trinajstić information content (AvgIpc) is 1.62. The zero-order valence-electron chi connectivity index (χ0n) is 55.4. The van der Waals surface area contributed by atoms with Crippen LogP contribution in [0.1, 0.15) is 61.2 Å². The fourth-order valence-electron chi connectivity index (χ4n) is 12.1. The first kappa shape index (κ1) is 78.2. The number of Topliss-reactive ketones (excluding diaryl/α,β-unsaturated/α-hetero) is 1. The maximum absolute atomic E-state index is 16.8. The molecule has 4 unspecified atom stereocenters. The molecule has 4 bridgehead atoms. The predicted molar refractivity (Wildman–Crippen MR) is 364 cm³/mol.